The van der Waals surface area contributed by atoms with Gasteiger partial charge in [0.2, 0.25) is 0 Å². The van der Waals surface area contributed by atoms with Gasteiger partial charge in [-0.25, -0.2) is 4.39 Å². The van der Waals surface area contributed by atoms with E-state index >= 15 is 0 Å². The molecule has 3 nitrogen and oxygen atoms in total. The first-order valence-electron chi connectivity index (χ1n) is 6.70. The monoisotopic (exact) mass is 288 g/mol. The van der Waals surface area contributed by atoms with Gasteiger partial charge in [0.25, 0.3) is 0 Å². The lowest BCUT2D eigenvalue weighted by Gasteiger charge is -2.19. The first-order valence-corrected chi connectivity index (χ1v) is 8.19. The maximum atomic E-state index is 13.1. The Morgan fingerprint density at radius 3 is 2.63 bits per heavy atom. The highest BCUT2D eigenvalue weighted by Gasteiger charge is 2.09. The van der Waals surface area contributed by atoms with Crippen LogP contribution in [0.5, 0.6) is 0 Å². The number of rotatable bonds is 8. The highest BCUT2D eigenvalue weighted by atomic mass is 32.2. The number of hydrogen-bond donors (Lipinski definition) is 0. The molecule has 0 saturated carbocycles. The van der Waals surface area contributed by atoms with Crippen molar-refractivity contribution in [2.45, 2.75) is 12.8 Å². The van der Waals surface area contributed by atoms with Crippen molar-refractivity contribution in [3.63, 3.8) is 0 Å². The SMILES string of the molecule is CN(C)CCN(C)CCS(=O)CC1=CCCC(F)=C1. The molecule has 0 radical (unpaired) electrons. The minimum Gasteiger partial charge on any atom is -0.308 e. The van der Waals surface area contributed by atoms with Gasteiger partial charge in [-0.2, -0.15) is 0 Å². The summed E-state index contributed by atoms with van der Waals surface area (Å²) in [5.74, 6) is 1.05. The summed E-state index contributed by atoms with van der Waals surface area (Å²) in [4.78, 5) is 4.32. The highest BCUT2D eigenvalue weighted by Crippen LogP contribution is 2.18. The third kappa shape index (κ3) is 7.60. The fourth-order valence-corrected chi connectivity index (χ4v) is 3.06. The predicted molar refractivity (Wildman–Crippen MR) is 80.4 cm³/mol. The Morgan fingerprint density at radius 1 is 1.26 bits per heavy atom. The summed E-state index contributed by atoms with van der Waals surface area (Å²) in [5.41, 5.74) is 0.887. The van der Waals surface area contributed by atoms with Crippen LogP contribution in [0.4, 0.5) is 4.39 Å². The Labute approximate surface area is 118 Å². The van der Waals surface area contributed by atoms with E-state index in [0.29, 0.717) is 17.9 Å². The molecule has 1 rings (SSSR count). The van der Waals surface area contributed by atoms with Crippen LogP contribution in [0.15, 0.2) is 23.6 Å². The highest BCUT2D eigenvalue weighted by molar-refractivity contribution is 7.85. The summed E-state index contributed by atoms with van der Waals surface area (Å²) in [5, 5.41) is 0. The lowest BCUT2D eigenvalue weighted by molar-refractivity contribution is 0.294. The van der Waals surface area contributed by atoms with Crippen LogP contribution in [-0.2, 0) is 10.8 Å². The van der Waals surface area contributed by atoms with Crippen molar-refractivity contribution in [2.24, 2.45) is 0 Å². The molecule has 0 fully saturated rings. The molecule has 1 atom stereocenters. The standard InChI is InChI=1S/C14H25FN2OS/c1-16(2)7-8-17(3)9-10-19(18)12-13-5-4-6-14(15)11-13/h5,11H,4,6-10,12H2,1-3H3. The fraction of sp³-hybridized carbons (Fsp3) is 0.714. The predicted octanol–water partition coefficient (Wildman–Crippen LogP) is 1.80. The average molecular weight is 288 g/mol. The third-order valence-corrected chi connectivity index (χ3v) is 4.38. The molecule has 110 valence electrons. The quantitative estimate of drug-likeness (QED) is 0.680. The van der Waals surface area contributed by atoms with Crippen LogP contribution in [0.2, 0.25) is 0 Å². The van der Waals surface area contributed by atoms with E-state index < -0.39 is 10.8 Å². The Bertz CT molecular complexity index is 366. The van der Waals surface area contributed by atoms with Crippen molar-refractivity contribution in [1.82, 2.24) is 9.80 Å². The molecule has 1 unspecified atom stereocenters. The van der Waals surface area contributed by atoms with Gasteiger partial charge >= 0.3 is 0 Å². The third-order valence-electron chi connectivity index (χ3n) is 3.09. The summed E-state index contributed by atoms with van der Waals surface area (Å²) in [6, 6.07) is 0. The largest absolute Gasteiger partial charge is 0.308 e. The van der Waals surface area contributed by atoms with E-state index in [1.54, 1.807) is 0 Å². The molecule has 5 heteroatoms. The lowest BCUT2D eigenvalue weighted by atomic mass is 10.1. The van der Waals surface area contributed by atoms with Crippen LogP contribution < -0.4 is 0 Å². The molecule has 0 saturated heterocycles. The zero-order valence-electron chi connectivity index (χ0n) is 12.2. The Morgan fingerprint density at radius 2 is 2.00 bits per heavy atom. The zero-order valence-corrected chi connectivity index (χ0v) is 13.0. The maximum Gasteiger partial charge on any atom is 0.101 e. The molecule has 0 aromatic carbocycles. The molecule has 0 amide bonds. The van der Waals surface area contributed by atoms with Crippen LogP contribution in [-0.4, -0.2) is 66.3 Å². The van der Waals surface area contributed by atoms with Crippen molar-refractivity contribution < 1.29 is 8.60 Å². The number of likely N-dealkylation sites (N-methyl/N-ethyl adjacent to an activating group) is 2. The molecule has 0 spiro atoms. The molecule has 0 N–H and O–H groups in total. The topological polar surface area (TPSA) is 23.6 Å². The summed E-state index contributed by atoms with van der Waals surface area (Å²) < 4.78 is 25.0. The van der Waals surface area contributed by atoms with E-state index in [1.807, 2.05) is 27.2 Å². The Hall–Kier alpha value is -0.520. The van der Waals surface area contributed by atoms with Crippen molar-refractivity contribution in [3.05, 3.63) is 23.6 Å². The van der Waals surface area contributed by atoms with Crippen LogP contribution in [0, 0.1) is 0 Å². The van der Waals surface area contributed by atoms with E-state index in [0.717, 1.165) is 31.6 Å². The molecule has 0 aliphatic heterocycles. The summed E-state index contributed by atoms with van der Waals surface area (Å²) in [6.45, 7) is 2.80. The zero-order chi connectivity index (χ0) is 14.3. The normalized spacial score (nSPS) is 17.6. The van der Waals surface area contributed by atoms with Crippen LogP contribution in [0.25, 0.3) is 0 Å². The van der Waals surface area contributed by atoms with Crippen LogP contribution in [0.1, 0.15) is 12.8 Å². The molecule has 0 heterocycles. The van der Waals surface area contributed by atoms with Crippen LogP contribution in [0.3, 0.4) is 0 Å². The van der Waals surface area contributed by atoms with Crippen LogP contribution >= 0.6 is 0 Å². The van der Waals surface area contributed by atoms with E-state index in [4.69, 9.17) is 0 Å². The van der Waals surface area contributed by atoms with E-state index in [1.165, 1.54) is 6.08 Å². The van der Waals surface area contributed by atoms with Gasteiger partial charge in [-0.1, -0.05) is 6.08 Å². The molecule has 0 aromatic rings. The van der Waals surface area contributed by atoms with Gasteiger partial charge in [-0.05, 0) is 39.2 Å². The van der Waals surface area contributed by atoms with Gasteiger partial charge in [0, 0.05) is 48.4 Å². The van der Waals surface area contributed by atoms with Crippen molar-refractivity contribution >= 4 is 10.8 Å². The van der Waals surface area contributed by atoms with Gasteiger partial charge in [0.05, 0.1) is 0 Å². The second-order valence-electron chi connectivity index (χ2n) is 5.30. The van der Waals surface area contributed by atoms with E-state index in [-0.39, 0.29) is 5.83 Å². The fourth-order valence-electron chi connectivity index (χ4n) is 1.83. The number of nitrogens with zero attached hydrogens (tertiary/aromatic N) is 2. The number of hydrogen-bond acceptors (Lipinski definition) is 3. The van der Waals surface area contributed by atoms with Gasteiger partial charge in [-0.3, -0.25) is 4.21 Å². The van der Waals surface area contributed by atoms with E-state index in [9.17, 15) is 8.60 Å². The molecule has 19 heavy (non-hydrogen) atoms. The summed E-state index contributed by atoms with van der Waals surface area (Å²) >= 11 is 0. The first-order chi connectivity index (χ1) is 8.97. The van der Waals surface area contributed by atoms with Gasteiger partial charge in [-0.15, -0.1) is 0 Å². The van der Waals surface area contributed by atoms with Gasteiger partial charge < -0.3 is 9.80 Å². The lowest BCUT2D eigenvalue weighted by Crippen LogP contribution is -2.31. The Kier molecular flexibility index (Phi) is 7.49. The summed E-state index contributed by atoms with van der Waals surface area (Å²) in [7, 11) is 5.23. The van der Waals surface area contributed by atoms with Gasteiger partial charge in [0.15, 0.2) is 0 Å². The maximum absolute atomic E-state index is 13.1. The Balaban J connectivity index is 2.23. The molecule has 0 aromatic heterocycles. The minimum absolute atomic E-state index is 0.0856. The first kappa shape index (κ1) is 16.5. The second kappa shape index (κ2) is 8.61. The molecule has 1 aliphatic rings. The molecule has 1 aliphatic carbocycles. The van der Waals surface area contributed by atoms with E-state index in [2.05, 4.69) is 9.80 Å². The smallest absolute Gasteiger partial charge is 0.101 e. The minimum atomic E-state index is -0.902. The van der Waals surface area contributed by atoms with Crippen molar-refractivity contribution in [2.75, 3.05) is 52.3 Å². The van der Waals surface area contributed by atoms with Crippen molar-refractivity contribution in [1.29, 1.82) is 0 Å². The summed E-state index contributed by atoms with van der Waals surface area (Å²) in [6.07, 6.45) is 4.76. The molecular formula is C14H25FN2OS. The molecular weight excluding hydrogens is 263 g/mol. The number of halogens is 1. The second-order valence-corrected chi connectivity index (χ2v) is 6.88. The van der Waals surface area contributed by atoms with Gasteiger partial charge in [0.1, 0.15) is 5.83 Å². The molecule has 0 bridgehead atoms. The van der Waals surface area contributed by atoms with Crippen molar-refractivity contribution in [3.8, 4) is 0 Å². The average Bonchev–Trinajstić information content (AvgIpc) is 2.34. The number of allylic oxidation sites excluding steroid dienone is 3.